The van der Waals surface area contributed by atoms with Gasteiger partial charge in [-0.1, -0.05) is 49.9 Å². The lowest BCUT2D eigenvalue weighted by atomic mass is 10.0. The highest BCUT2D eigenvalue weighted by Crippen LogP contribution is 2.04. The molecule has 0 nitrogen and oxygen atoms in total. The van der Waals surface area contributed by atoms with Crippen LogP contribution in [0.25, 0.3) is 18.2 Å². The Kier molecular flexibility index (Phi) is 4.78. The summed E-state index contributed by atoms with van der Waals surface area (Å²) < 4.78 is 0. The van der Waals surface area contributed by atoms with Gasteiger partial charge in [-0.25, -0.2) is 0 Å². The Bertz CT molecular complexity index is 502. The minimum Gasteiger partial charge on any atom is -0.0990 e. The molecule has 1 rings (SSSR count). The summed E-state index contributed by atoms with van der Waals surface area (Å²) >= 11 is 0. The van der Waals surface area contributed by atoms with Crippen LogP contribution in [0.5, 0.6) is 0 Å². The summed E-state index contributed by atoms with van der Waals surface area (Å²) in [5.41, 5.74) is 2.60. The molecular formula is C16H20. The van der Waals surface area contributed by atoms with Crippen molar-refractivity contribution in [3.63, 3.8) is 0 Å². The van der Waals surface area contributed by atoms with Gasteiger partial charge in [0.25, 0.3) is 0 Å². The van der Waals surface area contributed by atoms with E-state index in [0.717, 1.165) is 6.42 Å². The lowest BCUT2D eigenvalue weighted by Crippen LogP contribution is -2.25. The van der Waals surface area contributed by atoms with Gasteiger partial charge in [-0.3, -0.25) is 0 Å². The fourth-order valence-electron chi connectivity index (χ4n) is 1.79. The van der Waals surface area contributed by atoms with Gasteiger partial charge in [-0.05, 0) is 47.9 Å². The average molecular weight is 212 g/mol. The Labute approximate surface area is 98.3 Å². The first-order chi connectivity index (χ1) is 7.72. The van der Waals surface area contributed by atoms with Crippen LogP contribution in [0.2, 0.25) is 0 Å². The Morgan fingerprint density at radius 3 is 2.56 bits per heavy atom. The Morgan fingerprint density at radius 1 is 1.25 bits per heavy atom. The number of aryl methyl sites for hydroxylation is 1. The van der Waals surface area contributed by atoms with Gasteiger partial charge in [0.2, 0.25) is 0 Å². The van der Waals surface area contributed by atoms with E-state index in [9.17, 15) is 0 Å². The molecule has 0 aliphatic heterocycles. The molecule has 0 unspecified atom stereocenters. The van der Waals surface area contributed by atoms with Crippen molar-refractivity contribution in [2.45, 2.75) is 27.2 Å². The topological polar surface area (TPSA) is 0 Å². The summed E-state index contributed by atoms with van der Waals surface area (Å²) in [6.45, 7) is 10.1. The minimum atomic E-state index is 1.06. The zero-order valence-corrected chi connectivity index (χ0v) is 10.5. The number of benzene rings is 1. The average Bonchev–Trinajstić information content (AvgIpc) is 2.25. The highest BCUT2D eigenvalue weighted by molar-refractivity contribution is 5.55. The fraction of sp³-hybridized carbons (Fsp3) is 0.250. The quantitative estimate of drug-likeness (QED) is 0.722. The lowest BCUT2D eigenvalue weighted by molar-refractivity contribution is 1.27. The van der Waals surface area contributed by atoms with Crippen LogP contribution in [0, 0.1) is 6.92 Å². The van der Waals surface area contributed by atoms with E-state index in [-0.39, 0.29) is 0 Å². The number of allylic oxidation sites excluding steroid dienone is 2. The van der Waals surface area contributed by atoms with E-state index in [0.29, 0.717) is 0 Å². The third-order valence-electron chi connectivity index (χ3n) is 2.54. The molecule has 0 aliphatic carbocycles. The van der Waals surface area contributed by atoms with Crippen LogP contribution < -0.4 is 10.4 Å². The normalized spacial score (nSPS) is 13.7. The highest BCUT2D eigenvalue weighted by Gasteiger charge is 1.94. The smallest absolute Gasteiger partial charge is 0.0181 e. The molecule has 1 aromatic rings. The molecule has 0 amide bonds. The van der Waals surface area contributed by atoms with Crippen molar-refractivity contribution in [1.82, 2.24) is 0 Å². The third-order valence-corrected chi connectivity index (χ3v) is 2.54. The second-order valence-corrected chi connectivity index (χ2v) is 3.85. The molecule has 0 fully saturated rings. The zero-order chi connectivity index (χ0) is 12.0. The number of hydrogen-bond donors (Lipinski definition) is 0. The molecule has 0 saturated carbocycles. The summed E-state index contributed by atoms with van der Waals surface area (Å²) in [6.07, 6.45) is 11.4. The SMILES string of the molecule is C=C/C=c1/cc(/C=C\C)c(C)c/c1=C/CC. The molecule has 0 aromatic heterocycles. The van der Waals surface area contributed by atoms with Crippen LogP contribution in [-0.4, -0.2) is 0 Å². The minimum absolute atomic E-state index is 1.06. The lowest BCUT2D eigenvalue weighted by Gasteiger charge is -2.01. The van der Waals surface area contributed by atoms with Crippen molar-refractivity contribution < 1.29 is 0 Å². The van der Waals surface area contributed by atoms with Gasteiger partial charge in [0.15, 0.2) is 0 Å². The van der Waals surface area contributed by atoms with Gasteiger partial charge >= 0.3 is 0 Å². The molecule has 0 spiro atoms. The van der Waals surface area contributed by atoms with Crippen LogP contribution in [0.4, 0.5) is 0 Å². The first-order valence-corrected chi connectivity index (χ1v) is 5.79. The molecule has 16 heavy (non-hydrogen) atoms. The second kappa shape index (κ2) is 6.12. The highest BCUT2D eigenvalue weighted by atomic mass is 14.0. The molecular weight excluding hydrogens is 192 g/mol. The van der Waals surface area contributed by atoms with E-state index in [1.807, 2.05) is 13.0 Å². The molecule has 0 radical (unpaired) electrons. The Balaban J connectivity index is 3.56. The van der Waals surface area contributed by atoms with Gasteiger partial charge < -0.3 is 0 Å². The summed E-state index contributed by atoms with van der Waals surface area (Å²) in [6, 6.07) is 4.46. The third kappa shape index (κ3) is 2.96. The maximum Gasteiger partial charge on any atom is -0.0181 e. The van der Waals surface area contributed by atoms with Crippen molar-refractivity contribution in [2.75, 3.05) is 0 Å². The largest absolute Gasteiger partial charge is 0.0990 e. The Hall–Kier alpha value is -1.56. The van der Waals surface area contributed by atoms with Crippen molar-refractivity contribution in [3.8, 4) is 0 Å². The summed E-state index contributed by atoms with van der Waals surface area (Å²) in [4.78, 5) is 0. The van der Waals surface area contributed by atoms with Gasteiger partial charge in [0, 0.05) is 0 Å². The van der Waals surface area contributed by atoms with Crippen molar-refractivity contribution >= 4 is 18.2 Å². The molecule has 0 saturated heterocycles. The molecule has 0 bridgehead atoms. The summed E-state index contributed by atoms with van der Waals surface area (Å²) in [5, 5.41) is 2.55. The number of hydrogen-bond acceptors (Lipinski definition) is 0. The molecule has 0 atom stereocenters. The van der Waals surface area contributed by atoms with E-state index in [2.05, 4.69) is 56.9 Å². The van der Waals surface area contributed by atoms with Crippen LogP contribution in [0.1, 0.15) is 31.4 Å². The monoisotopic (exact) mass is 212 g/mol. The van der Waals surface area contributed by atoms with E-state index >= 15 is 0 Å². The summed E-state index contributed by atoms with van der Waals surface area (Å²) in [7, 11) is 0. The first kappa shape index (κ1) is 12.5. The maximum absolute atomic E-state index is 3.77. The molecule has 0 heteroatoms. The van der Waals surface area contributed by atoms with E-state index in [1.165, 1.54) is 21.6 Å². The van der Waals surface area contributed by atoms with Crippen LogP contribution >= 0.6 is 0 Å². The standard InChI is InChI=1S/C16H20/c1-5-8-14-12-16(10-7-3)15(9-6-2)11-13(14)4/h5,7-12H,3,6H2,1-2,4H3/b8-5-,15-9-,16-10-. The van der Waals surface area contributed by atoms with Crippen LogP contribution in [-0.2, 0) is 0 Å². The van der Waals surface area contributed by atoms with Crippen LogP contribution in [0.15, 0.2) is 30.9 Å². The maximum atomic E-state index is 3.77. The summed E-state index contributed by atoms with van der Waals surface area (Å²) in [5.74, 6) is 0. The van der Waals surface area contributed by atoms with Crippen LogP contribution in [0.3, 0.4) is 0 Å². The first-order valence-electron chi connectivity index (χ1n) is 5.79. The molecule has 0 N–H and O–H groups in total. The van der Waals surface area contributed by atoms with Crippen molar-refractivity contribution in [3.05, 3.63) is 52.4 Å². The fourth-order valence-corrected chi connectivity index (χ4v) is 1.79. The van der Waals surface area contributed by atoms with Crippen molar-refractivity contribution in [2.24, 2.45) is 0 Å². The van der Waals surface area contributed by atoms with E-state index < -0.39 is 0 Å². The molecule has 0 aliphatic rings. The van der Waals surface area contributed by atoms with Gasteiger partial charge in [0.1, 0.15) is 0 Å². The van der Waals surface area contributed by atoms with Gasteiger partial charge in [0.05, 0.1) is 0 Å². The predicted molar refractivity (Wildman–Crippen MR) is 74.6 cm³/mol. The second-order valence-electron chi connectivity index (χ2n) is 3.85. The molecule has 0 heterocycles. The van der Waals surface area contributed by atoms with Gasteiger partial charge in [-0.2, -0.15) is 0 Å². The molecule has 84 valence electrons. The zero-order valence-electron chi connectivity index (χ0n) is 10.5. The van der Waals surface area contributed by atoms with E-state index in [1.54, 1.807) is 0 Å². The molecule has 1 aromatic carbocycles. The number of rotatable bonds is 3. The van der Waals surface area contributed by atoms with Gasteiger partial charge in [-0.15, -0.1) is 0 Å². The van der Waals surface area contributed by atoms with E-state index in [4.69, 9.17) is 0 Å². The predicted octanol–water partition coefficient (Wildman–Crippen LogP) is 3.19. The Morgan fingerprint density at radius 2 is 2.00 bits per heavy atom. The van der Waals surface area contributed by atoms with Crippen molar-refractivity contribution in [1.29, 1.82) is 0 Å².